The second-order valence-electron chi connectivity index (χ2n) is 6.67. The molecule has 152 valence electrons. The Bertz CT molecular complexity index is 1340. The number of pyridine rings is 1. The highest BCUT2D eigenvalue weighted by Gasteiger charge is 2.18. The molecule has 0 saturated heterocycles. The zero-order chi connectivity index (χ0) is 21.4. The monoisotopic (exact) mass is 432 g/mol. The zero-order valence-corrected chi connectivity index (χ0v) is 16.6. The van der Waals surface area contributed by atoms with E-state index in [2.05, 4.69) is 25.1 Å². The van der Waals surface area contributed by atoms with E-state index in [0.717, 1.165) is 5.56 Å². The van der Waals surface area contributed by atoms with Gasteiger partial charge in [-0.2, -0.15) is 4.98 Å². The number of hydrogen-bond donors (Lipinski definition) is 2. The SMILES string of the molecule is Nc1[nH]c(-c2c(F)cccc2Cl)nc1-c1ccc(-c2nc(-c3ccccc3)no2)nc1. The maximum atomic E-state index is 14.2. The lowest BCUT2D eigenvalue weighted by Crippen LogP contribution is -1.90. The molecular weight excluding hydrogens is 419 g/mol. The van der Waals surface area contributed by atoms with Crippen LogP contribution in [0, 0.1) is 5.82 Å². The molecule has 2 aromatic carbocycles. The fourth-order valence-electron chi connectivity index (χ4n) is 3.14. The second kappa shape index (κ2) is 7.66. The molecule has 5 rings (SSSR count). The first-order valence-electron chi connectivity index (χ1n) is 9.26. The van der Waals surface area contributed by atoms with Crippen molar-refractivity contribution in [3.63, 3.8) is 0 Å². The number of halogens is 2. The van der Waals surface area contributed by atoms with Gasteiger partial charge >= 0.3 is 0 Å². The molecule has 3 N–H and O–H groups in total. The number of nitrogen functional groups attached to an aromatic ring is 1. The number of hydrogen-bond acceptors (Lipinski definition) is 6. The summed E-state index contributed by atoms with van der Waals surface area (Å²) in [7, 11) is 0. The average molecular weight is 433 g/mol. The third kappa shape index (κ3) is 3.53. The number of aromatic amines is 1. The zero-order valence-electron chi connectivity index (χ0n) is 15.9. The van der Waals surface area contributed by atoms with Crippen molar-refractivity contribution in [2.24, 2.45) is 0 Å². The van der Waals surface area contributed by atoms with Gasteiger partial charge in [0.05, 0.1) is 10.6 Å². The summed E-state index contributed by atoms with van der Waals surface area (Å²) >= 11 is 6.13. The van der Waals surface area contributed by atoms with Gasteiger partial charge < -0.3 is 15.2 Å². The highest BCUT2D eigenvalue weighted by Crippen LogP contribution is 2.33. The minimum Gasteiger partial charge on any atom is -0.383 e. The van der Waals surface area contributed by atoms with Crippen LogP contribution in [0.4, 0.5) is 10.2 Å². The van der Waals surface area contributed by atoms with E-state index in [4.69, 9.17) is 21.9 Å². The standard InChI is InChI=1S/C22H14ClFN6O/c23-14-7-4-8-15(24)17(14)21-27-18(19(25)28-21)13-9-10-16(26-11-13)22-29-20(30-31-22)12-5-2-1-3-6-12/h1-11H,25H2,(H,27,28). The molecule has 5 aromatic rings. The van der Waals surface area contributed by atoms with E-state index in [1.54, 1.807) is 24.4 Å². The quantitative estimate of drug-likeness (QED) is 0.402. The predicted octanol–water partition coefficient (Wildman–Crippen LogP) is 5.23. The lowest BCUT2D eigenvalue weighted by atomic mass is 10.2. The van der Waals surface area contributed by atoms with Gasteiger partial charge in [0.25, 0.3) is 5.89 Å². The maximum Gasteiger partial charge on any atom is 0.276 e. The third-order valence-corrected chi connectivity index (χ3v) is 4.96. The number of benzene rings is 2. The van der Waals surface area contributed by atoms with Crippen LogP contribution in [0.2, 0.25) is 5.02 Å². The first-order valence-corrected chi connectivity index (χ1v) is 9.64. The van der Waals surface area contributed by atoms with Crippen LogP contribution in [0.1, 0.15) is 0 Å². The lowest BCUT2D eigenvalue weighted by Gasteiger charge is -2.01. The number of H-pyrrole nitrogens is 1. The Hall–Kier alpha value is -4.04. The van der Waals surface area contributed by atoms with Crippen LogP contribution < -0.4 is 5.73 Å². The van der Waals surface area contributed by atoms with Gasteiger partial charge in [0.2, 0.25) is 5.82 Å². The average Bonchev–Trinajstić information content (AvgIpc) is 3.42. The van der Waals surface area contributed by atoms with E-state index in [1.165, 1.54) is 12.1 Å². The molecule has 0 bridgehead atoms. The number of rotatable bonds is 4. The Kier molecular flexibility index (Phi) is 4.68. The van der Waals surface area contributed by atoms with Crippen LogP contribution in [0.5, 0.6) is 0 Å². The molecule has 0 aliphatic heterocycles. The van der Waals surface area contributed by atoms with E-state index in [0.29, 0.717) is 28.7 Å². The summed E-state index contributed by atoms with van der Waals surface area (Å²) < 4.78 is 19.6. The van der Waals surface area contributed by atoms with Crippen molar-refractivity contribution in [2.75, 3.05) is 5.73 Å². The van der Waals surface area contributed by atoms with Crippen LogP contribution in [0.25, 0.3) is 45.6 Å². The molecule has 0 unspecified atom stereocenters. The molecule has 9 heteroatoms. The minimum atomic E-state index is -0.494. The fraction of sp³-hybridized carbons (Fsp3) is 0. The van der Waals surface area contributed by atoms with Crippen molar-refractivity contribution in [3.8, 4) is 45.6 Å². The molecule has 0 atom stereocenters. The molecule has 0 amide bonds. The van der Waals surface area contributed by atoms with Crippen molar-refractivity contribution in [3.05, 3.63) is 77.7 Å². The number of anilines is 1. The number of nitrogens with one attached hydrogen (secondary N) is 1. The molecule has 31 heavy (non-hydrogen) atoms. The molecular formula is C22H14ClFN6O. The van der Waals surface area contributed by atoms with Crippen molar-refractivity contribution in [2.45, 2.75) is 0 Å². The van der Waals surface area contributed by atoms with E-state index >= 15 is 0 Å². The molecule has 3 heterocycles. The fourth-order valence-corrected chi connectivity index (χ4v) is 3.39. The van der Waals surface area contributed by atoms with Gasteiger partial charge in [-0.3, -0.25) is 4.98 Å². The summed E-state index contributed by atoms with van der Waals surface area (Å²) in [5, 5.41) is 4.23. The number of nitrogens with zero attached hydrogens (tertiary/aromatic N) is 4. The van der Waals surface area contributed by atoms with Crippen LogP contribution in [-0.2, 0) is 0 Å². The van der Waals surface area contributed by atoms with Crippen LogP contribution in [-0.4, -0.2) is 25.1 Å². The van der Waals surface area contributed by atoms with E-state index in [-0.39, 0.29) is 22.2 Å². The van der Waals surface area contributed by atoms with Gasteiger partial charge in [-0.05, 0) is 24.3 Å². The van der Waals surface area contributed by atoms with Gasteiger partial charge in [-0.15, -0.1) is 0 Å². The highest BCUT2D eigenvalue weighted by atomic mass is 35.5. The van der Waals surface area contributed by atoms with Crippen LogP contribution in [0.3, 0.4) is 0 Å². The molecule has 0 radical (unpaired) electrons. The van der Waals surface area contributed by atoms with E-state index < -0.39 is 5.82 Å². The van der Waals surface area contributed by atoms with Crippen LogP contribution in [0.15, 0.2) is 71.4 Å². The largest absolute Gasteiger partial charge is 0.383 e. The van der Waals surface area contributed by atoms with Crippen molar-refractivity contribution in [1.82, 2.24) is 25.1 Å². The number of nitrogens with two attached hydrogens (primary N) is 1. The first kappa shape index (κ1) is 19.0. The summed E-state index contributed by atoms with van der Waals surface area (Å²) in [6.45, 7) is 0. The maximum absolute atomic E-state index is 14.2. The Morgan fingerprint density at radius 3 is 2.52 bits per heavy atom. The Morgan fingerprint density at radius 2 is 1.77 bits per heavy atom. The van der Waals surface area contributed by atoms with Crippen molar-refractivity contribution >= 4 is 17.4 Å². The topological polar surface area (TPSA) is 107 Å². The van der Waals surface area contributed by atoms with E-state index in [9.17, 15) is 4.39 Å². The molecule has 0 fully saturated rings. The Balaban J connectivity index is 1.45. The highest BCUT2D eigenvalue weighted by molar-refractivity contribution is 6.33. The summed E-state index contributed by atoms with van der Waals surface area (Å²) in [6, 6.07) is 17.4. The molecule has 0 aliphatic carbocycles. The lowest BCUT2D eigenvalue weighted by molar-refractivity contribution is 0.431. The third-order valence-electron chi connectivity index (χ3n) is 4.65. The predicted molar refractivity (Wildman–Crippen MR) is 115 cm³/mol. The van der Waals surface area contributed by atoms with E-state index in [1.807, 2.05) is 30.3 Å². The van der Waals surface area contributed by atoms with Crippen molar-refractivity contribution < 1.29 is 8.91 Å². The first-order chi connectivity index (χ1) is 15.1. The Morgan fingerprint density at radius 1 is 0.935 bits per heavy atom. The van der Waals surface area contributed by atoms with Gasteiger partial charge in [-0.1, -0.05) is 53.2 Å². The normalized spacial score (nSPS) is 11.0. The summed E-state index contributed by atoms with van der Waals surface area (Å²) in [4.78, 5) is 16.1. The molecule has 3 aromatic heterocycles. The van der Waals surface area contributed by atoms with Crippen LogP contribution >= 0.6 is 11.6 Å². The van der Waals surface area contributed by atoms with Gasteiger partial charge in [0, 0.05) is 17.3 Å². The Labute approximate surface area is 180 Å². The molecule has 0 spiro atoms. The molecule has 7 nitrogen and oxygen atoms in total. The minimum absolute atomic E-state index is 0.158. The summed E-state index contributed by atoms with van der Waals surface area (Å²) in [5.74, 6) is 0.785. The molecule has 0 aliphatic rings. The second-order valence-corrected chi connectivity index (χ2v) is 7.07. The molecule has 0 saturated carbocycles. The van der Waals surface area contributed by atoms with Gasteiger partial charge in [-0.25, -0.2) is 9.37 Å². The number of aromatic nitrogens is 5. The summed E-state index contributed by atoms with van der Waals surface area (Å²) in [6.07, 6.45) is 1.58. The van der Waals surface area contributed by atoms with Gasteiger partial charge in [0.1, 0.15) is 28.8 Å². The number of imidazole rings is 1. The summed E-state index contributed by atoms with van der Waals surface area (Å²) in [5.41, 5.74) is 8.66. The van der Waals surface area contributed by atoms with Crippen molar-refractivity contribution in [1.29, 1.82) is 0 Å². The smallest absolute Gasteiger partial charge is 0.276 e. The van der Waals surface area contributed by atoms with Gasteiger partial charge in [0.15, 0.2) is 0 Å².